The zero-order valence-electron chi connectivity index (χ0n) is 18.3. The van der Waals surface area contributed by atoms with Gasteiger partial charge in [0.2, 0.25) is 0 Å². The molecule has 3 rings (SSSR count). The molecule has 0 atom stereocenters. The van der Waals surface area contributed by atoms with Crippen molar-refractivity contribution in [1.82, 2.24) is 10.2 Å². The number of hydrogen-bond donors (Lipinski definition) is 1. The van der Waals surface area contributed by atoms with Gasteiger partial charge in [-0.2, -0.15) is 0 Å². The van der Waals surface area contributed by atoms with E-state index in [-0.39, 0.29) is 37.2 Å². The van der Waals surface area contributed by atoms with Gasteiger partial charge in [0.1, 0.15) is 18.2 Å². The summed E-state index contributed by atoms with van der Waals surface area (Å²) in [6, 6.07) is 19.2. The highest BCUT2D eigenvalue weighted by molar-refractivity contribution is 5.87. The molecule has 0 bridgehead atoms. The summed E-state index contributed by atoms with van der Waals surface area (Å²) >= 11 is 0. The van der Waals surface area contributed by atoms with Gasteiger partial charge in [-0.15, -0.1) is 24.8 Å². The van der Waals surface area contributed by atoms with Crippen molar-refractivity contribution in [2.45, 2.75) is 33.4 Å². The van der Waals surface area contributed by atoms with E-state index in [0.717, 1.165) is 50.5 Å². The lowest BCUT2D eigenvalue weighted by molar-refractivity contribution is 0.293. The molecule has 0 aliphatic rings. The van der Waals surface area contributed by atoms with Crippen LogP contribution in [0.25, 0.3) is 10.8 Å². The lowest BCUT2D eigenvalue weighted by atomic mass is 10.0. The summed E-state index contributed by atoms with van der Waals surface area (Å²) in [5.74, 6) is 0.576. The number of rotatable bonds is 11. The highest BCUT2D eigenvalue weighted by Gasteiger charge is 2.10. The zero-order valence-corrected chi connectivity index (χ0v) is 19.9. The van der Waals surface area contributed by atoms with E-state index in [1.807, 2.05) is 24.3 Å². The molecule has 0 aliphatic heterocycles. The zero-order chi connectivity index (χ0) is 20.5. The summed E-state index contributed by atoms with van der Waals surface area (Å²) < 4.78 is 20.0. The van der Waals surface area contributed by atoms with Gasteiger partial charge < -0.3 is 15.0 Å². The van der Waals surface area contributed by atoms with E-state index in [1.165, 1.54) is 16.8 Å². The number of halogens is 3. The number of nitrogens with zero attached hydrogens (tertiary/aromatic N) is 1. The van der Waals surface area contributed by atoms with Crippen LogP contribution < -0.4 is 10.1 Å². The first kappa shape index (κ1) is 27.2. The van der Waals surface area contributed by atoms with Gasteiger partial charge in [0.15, 0.2) is 0 Å². The molecule has 6 heteroatoms. The predicted molar refractivity (Wildman–Crippen MR) is 133 cm³/mol. The Labute approximate surface area is 197 Å². The lowest BCUT2D eigenvalue weighted by Gasteiger charge is -2.18. The molecule has 0 saturated heterocycles. The Balaban J connectivity index is 0.00000240. The van der Waals surface area contributed by atoms with Crippen LogP contribution in [0.1, 0.15) is 31.4 Å². The molecule has 0 saturated carbocycles. The third kappa shape index (κ3) is 7.65. The Hall–Kier alpha value is -1.85. The molecule has 0 fully saturated rings. The molecular formula is C25H33Cl2FN2O. The Morgan fingerprint density at radius 1 is 0.903 bits per heavy atom. The van der Waals surface area contributed by atoms with E-state index in [0.29, 0.717) is 5.56 Å². The summed E-state index contributed by atoms with van der Waals surface area (Å²) in [6.45, 7) is 9.59. The molecule has 170 valence electrons. The average Bonchev–Trinajstić information content (AvgIpc) is 2.76. The van der Waals surface area contributed by atoms with Crippen LogP contribution >= 0.6 is 24.8 Å². The minimum absolute atomic E-state index is 0. The standard InChI is InChI=1S/C25H31FN2O.2ClH/c1-3-28(4-2)17-9-16-27-18-23-22-12-7-5-10-20(22)14-15-25(23)29-19-21-11-6-8-13-24(21)26;;/h5-8,10-15,27H,3-4,9,16-19H2,1-2H3;2*1H. The second-order valence-corrected chi connectivity index (χ2v) is 7.20. The first-order chi connectivity index (χ1) is 14.2. The fraction of sp³-hybridized carbons (Fsp3) is 0.360. The highest BCUT2D eigenvalue weighted by atomic mass is 35.5. The molecule has 0 aromatic heterocycles. The fourth-order valence-corrected chi connectivity index (χ4v) is 3.59. The third-order valence-corrected chi connectivity index (χ3v) is 5.36. The average molecular weight is 467 g/mol. The van der Waals surface area contributed by atoms with Crippen molar-refractivity contribution in [2.75, 3.05) is 26.2 Å². The molecule has 31 heavy (non-hydrogen) atoms. The molecule has 0 unspecified atom stereocenters. The minimum atomic E-state index is -0.232. The van der Waals surface area contributed by atoms with Crippen LogP contribution in [0.5, 0.6) is 5.75 Å². The second-order valence-electron chi connectivity index (χ2n) is 7.20. The van der Waals surface area contributed by atoms with Crippen LogP contribution in [0.15, 0.2) is 60.7 Å². The van der Waals surface area contributed by atoms with E-state index >= 15 is 0 Å². The number of fused-ring (bicyclic) bond motifs is 1. The first-order valence-electron chi connectivity index (χ1n) is 10.5. The quantitative estimate of drug-likeness (QED) is 0.339. The van der Waals surface area contributed by atoms with Gasteiger partial charge in [0.25, 0.3) is 0 Å². The molecule has 0 amide bonds. The summed E-state index contributed by atoms with van der Waals surface area (Å²) in [7, 11) is 0. The summed E-state index contributed by atoms with van der Waals surface area (Å²) in [5, 5.41) is 5.93. The first-order valence-corrected chi connectivity index (χ1v) is 10.5. The van der Waals surface area contributed by atoms with Crippen molar-refractivity contribution in [3.05, 3.63) is 77.6 Å². The summed E-state index contributed by atoms with van der Waals surface area (Å²) in [4.78, 5) is 2.43. The van der Waals surface area contributed by atoms with Crippen LogP contribution in [0, 0.1) is 5.82 Å². The van der Waals surface area contributed by atoms with Crippen LogP contribution in [-0.4, -0.2) is 31.1 Å². The molecule has 3 aromatic rings. The monoisotopic (exact) mass is 466 g/mol. The van der Waals surface area contributed by atoms with Gasteiger partial charge in [-0.1, -0.05) is 62.4 Å². The molecular weight excluding hydrogens is 434 g/mol. The van der Waals surface area contributed by atoms with Gasteiger partial charge in [-0.05, 0) is 55.5 Å². The van der Waals surface area contributed by atoms with Gasteiger partial charge in [-0.3, -0.25) is 0 Å². The van der Waals surface area contributed by atoms with Crippen molar-refractivity contribution in [1.29, 1.82) is 0 Å². The Morgan fingerprint density at radius 2 is 1.61 bits per heavy atom. The molecule has 3 nitrogen and oxygen atoms in total. The fourth-order valence-electron chi connectivity index (χ4n) is 3.59. The lowest BCUT2D eigenvalue weighted by Crippen LogP contribution is -2.27. The minimum Gasteiger partial charge on any atom is -0.488 e. The van der Waals surface area contributed by atoms with E-state index in [4.69, 9.17) is 4.74 Å². The van der Waals surface area contributed by atoms with Crippen LogP contribution in [0.4, 0.5) is 4.39 Å². The van der Waals surface area contributed by atoms with Gasteiger partial charge in [0, 0.05) is 17.7 Å². The molecule has 3 aromatic carbocycles. The number of hydrogen-bond acceptors (Lipinski definition) is 3. The molecule has 0 radical (unpaired) electrons. The maximum absolute atomic E-state index is 14.0. The molecule has 0 spiro atoms. The Bertz CT molecular complexity index is 919. The maximum atomic E-state index is 14.0. The van der Waals surface area contributed by atoms with Crippen molar-refractivity contribution < 1.29 is 9.13 Å². The van der Waals surface area contributed by atoms with Gasteiger partial charge in [0.05, 0.1) is 0 Å². The van der Waals surface area contributed by atoms with E-state index in [9.17, 15) is 4.39 Å². The topological polar surface area (TPSA) is 24.5 Å². The van der Waals surface area contributed by atoms with E-state index < -0.39 is 0 Å². The van der Waals surface area contributed by atoms with Crippen molar-refractivity contribution in [2.24, 2.45) is 0 Å². The van der Waals surface area contributed by atoms with Gasteiger partial charge in [-0.25, -0.2) is 4.39 Å². The van der Waals surface area contributed by atoms with Crippen LogP contribution in [-0.2, 0) is 13.2 Å². The normalized spacial score (nSPS) is 10.6. The molecule has 0 heterocycles. The molecule has 0 aliphatic carbocycles. The molecule has 1 N–H and O–H groups in total. The Kier molecular flexibility index (Phi) is 12.5. The SMILES string of the molecule is CCN(CC)CCCNCc1c(OCc2ccccc2F)ccc2ccccc12.Cl.Cl. The van der Waals surface area contributed by atoms with E-state index in [2.05, 4.69) is 42.3 Å². The highest BCUT2D eigenvalue weighted by Crippen LogP contribution is 2.29. The maximum Gasteiger partial charge on any atom is 0.129 e. The third-order valence-electron chi connectivity index (χ3n) is 5.36. The van der Waals surface area contributed by atoms with Crippen LogP contribution in [0.2, 0.25) is 0 Å². The van der Waals surface area contributed by atoms with Crippen molar-refractivity contribution in [3.63, 3.8) is 0 Å². The number of nitrogens with one attached hydrogen (secondary N) is 1. The van der Waals surface area contributed by atoms with Crippen molar-refractivity contribution in [3.8, 4) is 5.75 Å². The smallest absolute Gasteiger partial charge is 0.129 e. The van der Waals surface area contributed by atoms with Crippen LogP contribution in [0.3, 0.4) is 0 Å². The Morgan fingerprint density at radius 3 is 2.35 bits per heavy atom. The second kappa shape index (κ2) is 14.3. The summed E-state index contributed by atoms with van der Waals surface area (Å²) in [5.41, 5.74) is 1.70. The summed E-state index contributed by atoms with van der Waals surface area (Å²) in [6.07, 6.45) is 1.11. The van der Waals surface area contributed by atoms with Gasteiger partial charge >= 0.3 is 0 Å². The number of ether oxygens (including phenoxy) is 1. The van der Waals surface area contributed by atoms with Crippen molar-refractivity contribution >= 4 is 35.6 Å². The predicted octanol–water partition coefficient (Wildman–Crippen LogP) is 6.22. The number of benzene rings is 3. The van der Waals surface area contributed by atoms with E-state index in [1.54, 1.807) is 12.1 Å². The largest absolute Gasteiger partial charge is 0.488 e.